The largest absolute Gasteiger partial charge is 0.471 e. The zero-order chi connectivity index (χ0) is 28.3. The maximum atomic E-state index is 13.6. The minimum absolute atomic E-state index is 0.00699. The monoisotopic (exact) mass is 632 g/mol. The van der Waals surface area contributed by atoms with Crippen LogP contribution in [0.2, 0.25) is 0 Å². The van der Waals surface area contributed by atoms with Crippen LogP contribution in [0.4, 0.5) is 5.88 Å². The van der Waals surface area contributed by atoms with Gasteiger partial charge in [0, 0.05) is 17.8 Å². The summed E-state index contributed by atoms with van der Waals surface area (Å²) in [6.45, 7) is 3.43. The molecule has 210 valence electrons. The molecular formula is C26H25BrN4O8S. The minimum atomic E-state index is -4.18. The van der Waals surface area contributed by atoms with Gasteiger partial charge in [-0.15, -0.1) is 0 Å². The standard InChI is InChI=1S/C26H25BrN4O8S/c1-26(2,14-32)18-5-3-4-6-21(18)40(33,34)31-24-22(16-7-8-19-20(11-16)38-15-37-19)23(30-39-24)35-9-10-36-25-28-12-17(27)13-29-25/h3-8,11-13,31-32H,9-10,14-15H2,1-2H3. The molecular weight excluding hydrogens is 608 g/mol. The van der Waals surface area contributed by atoms with Crippen LogP contribution in [-0.4, -0.2) is 55.3 Å². The number of aliphatic hydroxyl groups is 1. The normalized spacial score (nSPS) is 12.8. The number of hydrogen-bond donors (Lipinski definition) is 2. The van der Waals surface area contributed by atoms with Crippen LogP contribution in [-0.2, 0) is 15.4 Å². The highest BCUT2D eigenvalue weighted by atomic mass is 79.9. The second kappa shape index (κ2) is 11.3. The number of hydrogen-bond acceptors (Lipinski definition) is 11. The van der Waals surface area contributed by atoms with E-state index in [2.05, 4.69) is 35.8 Å². The van der Waals surface area contributed by atoms with E-state index in [1.807, 2.05) is 0 Å². The van der Waals surface area contributed by atoms with Crippen LogP contribution < -0.4 is 23.7 Å². The first kappa shape index (κ1) is 27.7. The van der Waals surface area contributed by atoms with Crippen molar-refractivity contribution in [2.45, 2.75) is 24.2 Å². The molecule has 2 N–H and O–H groups in total. The molecule has 0 spiro atoms. The van der Waals surface area contributed by atoms with Crippen LogP contribution in [0.3, 0.4) is 0 Å². The van der Waals surface area contributed by atoms with Crippen molar-refractivity contribution in [1.82, 2.24) is 15.1 Å². The predicted molar refractivity (Wildman–Crippen MR) is 146 cm³/mol. The van der Waals surface area contributed by atoms with Crippen molar-refractivity contribution in [3.05, 3.63) is 64.9 Å². The van der Waals surface area contributed by atoms with Gasteiger partial charge in [0.25, 0.3) is 15.9 Å². The van der Waals surface area contributed by atoms with Crippen molar-refractivity contribution in [3.8, 4) is 34.5 Å². The number of rotatable bonds is 11. The molecule has 0 saturated heterocycles. The first-order valence-corrected chi connectivity index (χ1v) is 14.3. The number of benzene rings is 2. The summed E-state index contributed by atoms with van der Waals surface area (Å²) in [6.07, 6.45) is 3.10. The Morgan fingerprint density at radius 2 is 1.77 bits per heavy atom. The summed E-state index contributed by atoms with van der Waals surface area (Å²) in [5.41, 5.74) is 0.387. The Morgan fingerprint density at radius 1 is 1.05 bits per heavy atom. The quantitative estimate of drug-likeness (QED) is 0.229. The lowest BCUT2D eigenvalue weighted by molar-refractivity contribution is 0.174. The molecule has 0 aliphatic carbocycles. The van der Waals surface area contributed by atoms with E-state index < -0.39 is 15.4 Å². The molecule has 0 unspecified atom stereocenters. The molecule has 1 aliphatic rings. The fourth-order valence-corrected chi connectivity index (χ4v) is 5.51. The molecule has 0 saturated carbocycles. The Kier molecular flexibility index (Phi) is 7.83. The lowest BCUT2D eigenvalue weighted by Crippen LogP contribution is -2.26. The van der Waals surface area contributed by atoms with E-state index in [1.165, 1.54) is 6.07 Å². The molecule has 0 bridgehead atoms. The summed E-state index contributed by atoms with van der Waals surface area (Å²) in [5.74, 6) is 0.889. The number of halogens is 1. The van der Waals surface area contributed by atoms with Gasteiger partial charge in [0.1, 0.15) is 18.8 Å². The Hall–Kier alpha value is -3.88. The molecule has 2 aromatic heterocycles. The average molecular weight is 633 g/mol. The lowest BCUT2D eigenvalue weighted by atomic mass is 9.86. The third-order valence-corrected chi connectivity index (χ3v) is 7.80. The molecule has 0 amide bonds. The highest BCUT2D eigenvalue weighted by Crippen LogP contribution is 2.43. The van der Waals surface area contributed by atoms with Crippen LogP contribution in [0.15, 0.2) is 68.7 Å². The van der Waals surface area contributed by atoms with E-state index in [-0.39, 0.29) is 54.8 Å². The van der Waals surface area contributed by atoms with E-state index in [0.29, 0.717) is 27.1 Å². The number of aliphatic hydroxyl groups excluding tert-OH is 1. The maximum absolute atomic E-state index is 13.6. The Bertz CT molecular complexity index is 1610. The molecule has 0 fully saturated rings. The van der Waals surface area contributed by atoms with Crippen LogP contribution in [0.1, 0.15) is 19.4 Å². The number of ether oxygens (including phenoxy) is 4. The molecule has 4 aromatic rings. The van der Waals surface area contributed by atoms with Gasteiger partial charge in [-0.1, -0.05) is 38.1 Å². The zero-order valence-electron chi connectivity index (χ0n) is 21.5. The summed E-state index contributed by atoms with van der Waals surface area (Å²) in [4.78, 5) is 8.07. The van der Waals surface area contributed by atoms with Crippen LogP contribution in [0, 0.1) is 0 Å². The zero-order valence-corrected chi connectivity index (χ0v) is 23.9. The number of aromatic nitrogens is 3. The Balaban J connectivity index is 1.44. The van der Waals surface area contributed by atoms with Gasteiger partial charge in [0.05, 0.1) is 16.0 Å². The summed E-state index contributed by atoms with van der Waals surface area (Å²) in [7, 11) is -4.18. The van der Waals surface area contributed by atoms with Gasteiger partial charge < -0.3 is 28.6 Å². The van der Waals surface area contributed by atoms with E-state index in [1.54, 1.807) is 62.6 Å². The van der Waals surface area contributed by atoms with Gasteiger partial charge in [0.2, 0.25) is 12.7 Å². The first-order valence-electron chi connectivity index (χ1n) is 12.0. The van der Waals surface area contributed by atoms with Gasteiger partial charge in [0.15, 0.2) is 11.5 Å². The van der Waals surface area contributed by atoms with E-state index in [0.717, 1.165) is 0 Å². The molecule has 2 aromatic carbocycles. The molecule has 12 nitrogen and oxygen atoms in total. The van der Waals surface area contributed by atoms with Crippen molar-refractivity contribution in [2.24, 2.45) is 0 Å². The minimum Gasteiger partial charge on any atom is -0.471 e. The van der Waals surface area contributed by atoms with Crippen LogP contribution in [0.25, 0.3) is 11.1 Å². The van der Waals surface area contributed by atoms with Gasteiger partial charge in [-0.05, 0) is 50.4 Å². The Morgan fingerprint density at radius 3 is 2.55 bits per heavy atom. The second-order valence-corrected chi connectivity index (χ2v) is 11.9. The van der Waals surface area contributed by atoms with Gasteiger partial charge in [-0.25, -0.2) is 23.1 Å². The van der Waals surface area contributed by atoms with Gasteiger partial charge in [-0.3, -0.25) is 0 Å². The molecule has 14 heteroatoms. The SMILES string of the molecule is CC(C)(CO)c1ccccc1S(=O)(=O)Nc1onc(OCCOc2ncc(Br)cn2)c1-c1ccc2c(c1)OCO2. The third kappa shape index (κ3) is 5.83. The van der Waals surface area contributed by atoms with Crippen molar-refractivity contribution in [1.29, 1.82) is 0 Å². The summed E-state index contributed by atoms with van der Waals surface area (Å²) < 4.78 is 58.1. The topological polar surface area (TPSA) is 155 Å². The molecule has 3 heterocycles. The molecule has 0 atom stereocenters. The van der Waals surface area contributed by atoms with Crippen molar-refractivity contribution in [3.63, 3.8) is 0 Å². The number of nitrogens with one attached hydrogen (secondary N) is 1. The number of fused-ring (bicyclic) bond motifs is 1. The highest BCUT2D eigenvalue weighted by molar-refractivity contribution is 9.10. The van der Waals surface area contributed by atoms with Crippen LogP contribution in [0.5, 0.6) is 23.4 Å². The smallest absolute Gasteiger partial charge is 0.316 e. The molecule has 1 aliphatic heterocycles. The predicted octanol–water partition coefficient (Wildman–Crippen LogP) is 4.15. The molecule has 0 radical (unpaired) electrons. The number of sulfonamides is 1. The molecule has 40 heavy (non-hydrogen) atoms. The second-order valence-electron chi connectivity index (χ2n) is 9.28. The average Bonchev–Trinajstić information content (AvgIpc) is 3.58. The third-order valence-electron chi connectivity index (χ3n) is 6.00. The van der Waals surface area contributed by atoms with E-state index in [4.69, 9.17) is 23.5 Å². The summed E-state index contributed by atoms with van der Waals surface area (Å²) >= 11 is 3.26. The summed E-state index contributed by atoms with van der Waals surface area (Å²) in [6, 6.07) is 11.7. The number of nitrogens with zero attached hydrogens (tertiary/aromatic N) is 3. The van der Waals surface area contributed by atoms with Crippen molar-refractivity contribution < 1.29 is 37.0 Å². The van der Waals surface area contributed by atoms with Gasteiger partial charge in [-0.2, -0.15) is 0 Å². The maximum Gasteiger partial charge on any atom is 0.316 e. The first-order chi connectivity index (χ1) is 19.2. The van der Waals surface area contributed by atoms with Crippen LogP contribution >= 0.6 is 15.9 Å². The van der Waals surface area contributed by atoms with Gasteiger partial charge >= 0.3 is 6.01 Å². The lowest BCUT2D eigenvalue weighted by Gasteiger charge is -2.25. The fourth-order valence-electron chi connectivity index (χ4n) is 3.92. The Labute approximate surface area is 238 Å². The van der Waals surface area contributed by atoms with Crippen molar-refractivity contribution in [2.75, 3.05) is 31.3 Å². The summed E-state index contributed by atoms with van der Waals surface area (Å²) in [5, 5.41) is 13.9. The number of anilines is 1. The van der Waals surface area contributed by atoms with E-state index >= 15 is 0 Å². The van der Waals surface area contributed by atoms with E-state index in [9.17, 15) is 13.5 Å². The highest BCUT2D eigenvalue weighted by Gasteiger charge is 2.31. The fraction of sp³-hybridized carbons (Fsp3) is 0.269. The van der Waals surface area contributed by atoms with Crippen molar-refractivity contribution >= 4 is 31.8 Å². The molecule has 5 rings (SSSR count).